The smallest absolute Gasteiger partial charge is 0.261 e. The number of sulfonamides is 2. The van der Waals surface area contributed by atoms with Gasteiger partial charge in [0.2, 0.25) is 15.9 Å². The van der Waals surface area contributed by atoms with Crippen molar-refractivity contribution in [2.24, 2.45) is 0 Å². The van der Waals surface area contributed by atoms with E-state index < -0.39 is 38.3 Å². The Labute approximate surface area is 192 Å². The standard InChI is InChI=1S/C22H22FN3O5S2/c1-16-6-8-19(9-7-16)25-33(30,31)21-12-10-18(11-13-21)24-22(27)15-26(32(2,28)29)20-5-3-4-17(23)14-20/h3-14,25H,15H2,1-2H3,(H,24,27). The first-order valence-corrected chi connectivity index (χ1v) is 13.0. The molecule has 0 spiro atoms. The quantitative estimate of drug-likeness (QED) is 0.502. The number of carbonyl (C=O) groups excluding carboxylic acids is 1. The molecule has 0 radical (unpaired) electrons. The largest absolute Gasteiger partial charge is 0.325 e. The number of halogens is 1. The van der Waals surface area contributed by atoms with Gasteiger partial charge >= 0.3 is 0 Å². The van der Waals surface area contributed by atoms with Crippen molar-refractivity contribution < 1.29 is 26.0 Å². The normalized spacial score (nSPS) is 11.6. The molecule has 0 unspecified atom stereocenters. The Morgan fingerprint density at radius 3 is 2.09 bits per heavy atom. The summed E-state index contributed by atoms with van der Waals surface area (Å²) in [6.07, 6.45) is 0.909. The summed E-state index contributed by atoms with van der Waals surface area (Å²) in [5.74, 6) is -1.32. The maximum atomic E-state index is 13.5. The summed E-state index contributed by atoms with van der Waals surface area (Å²) in [5.41, 5.74) is 1.68. The molecule has 174 valence electrons. The molecule has 1 amide bonds. The first kappa shape index (κ1) is 24.2. The molecular weight excluding hydrogens is 469 g/mol. The van der Waals surface area contributed by atoms with Gasteiger partial charge in [0.1, 0.15) is 12.4 Å². The molecule has 33 heavy (non-hydrogen) atoms. The third-order valence-corrected chi connectivity index (χ3v) is 7.07. The second kappa shape index (κ2) is 9.59. The van der Waals surface area contributed by atoms with Crippen LogP contribution >= 0.6 is 0 Å². The minimum atomic E-state index is -3.86. The highest BCUT2D eigenvalue weighted by Gasteiger charge is 2.21. The van der Waals surface area contributed by atoms with E-state index in [1.54, 1.807) is 24.3 Å². The van der Waals surface area contributed by atoms with E-state index in [2.05, 4.69) is 10.0 Å². The zero-order chi connectivity index (χ0) is 24.2. The van der Waals surface area contributed by atoms with Crippen molar-refractivity contribution >= 4 is 43.0 Å². The van der Waals surface area contributed by atoms with Crippen LogP contribution in [0.25, 0.3) is 0 Å². The van der Waals surface area contributed by atoms with Crippen LogP contribution in [0.3, 0.4) is 0 Å². The minimum Gasteiger partial charge on any atom is -0.325 e. The molecule has 3 rings (SSSR count). The van der Waals surface area contributed by atoms with Gasteiger partial charge in [0, 0.05) is 11.4 Å². The number of hydrogen-bond acceptors (Lipinski definition) is 5. The van der Waals surface area contributed by atoms with E-state index in [1.165, 1.54) is 36.4 Å². The summed E-state index contributed by atoms with van der Waals surface area (Å²) in [5, 5.41) is 2.51. The zero-order valence-electron chi connectivity index (χ0n) is 17.8. The number of aryl methyl sites for hydroxylation is 1. The van der Waals surface area contributed by atoms with Gasteiger partial charge in [0.15, 0.2) is 0 Å². The molecule has 0 aliphatic heterocycles. The Morgan fingerprint density at radius 1 is 0.909 bits per heavy atom. The van der Waals surface area contributed by atoms with E-state index in [0.717, 1.165) is 28.3 Å². The first-order chi connectivity index (χ1) is 15.4. The van der Waals surface area contributed by atoms with Gasteiger partial charge in [-0.1, -0.05) is 23.8 Å². The molecule has 11 heteroatoms. The van der Waals surface area contributed by atoms with Crippen molar-refractivity contribution in [2.75, 3.05) is 27.1 Å². The van der Waals surface area contributed by atoms with Gasteiger partial charge in [-0.25, -0.2) is 21.2 Å². The maximum Gasteiger partial charge on any atom is 0.261 e. The summed E-state index contributed by atoms with van der Waals surface area (Å²) in [6.45, 7) is 1.30. The number of nitrogens with one attached hydrogen (secondary N) is 2. The number of hydrogen-bond donors (Lipinski definition) is 2. The number of amides is 1. The second-order valence-electron chi connectivity index (χ2n) is 7.29. The molecule has 0 aliphatic rings. The van der Waals surface area contributed by atoms with E-state index >= 15 is 0 Å². The number of carbonyl (C=O) groups is 1. The molecule has 0 saturated carbocycles. The summed E-state index contributed by atoms with van der Waals surface area (Å²) in [7, 11) is -7.70. The van der Waals surface area contributed by atoms with Gasteiger partial charge in [-0.3, -0.25) is 13.8 Å². The topological polar surface area (TPSA) is 113 Å². The Balaban J connectivity index is 1.70. The van der Waals surface area contributed by atoms with Crippen molar-refractivity contribution in [3.05, 3.63) is 84.2 Å². The second-order valence-corrected chi connectivity index (χ2v) is 10.9. The fourth-order valence-corrected chi connectivity index (χ4v) is 4.82. The van der Waals surface area contributed by atoms with Crippen molar-refractivity contribution in [1.82, 2.24) is 0 Å². The van der Waals surface area contributed by atoms with E-state index in [4.69, 9.17) is 0 Å². The van der Waals surface area contributed by atoms with Gasteiger partial charge in [0.25, 0.3) is 10.0 Å². The summed E-state index contributed by atoms with van der Waals surface area (Å²) in [6, 6.07) is 17.1. The SMILES string of the molecule is Cc1ccc(NS(=O)(=O)c2ccc(NC(=O)CN(c3cccc(F)c3)S(C)(=O)=O)cc2)cc1. The van der Waals surface area contributed by atoms with Crippen LogP contribution in [0.1, 0.15) is 5.56 Å². The van der Waals surface area contributed by atoms with Gasteiger partial charge in [-0.05, 0) is 61.5 Å². The molecule has 0 atom stereocenters. The number of benzene rings is 3. The van der Waals surface area contributed by atoms with Gasteiger partial charge in [-0.2, -0.15) is 0 Å². The van der Waals surface area contributed by atoms with Crippen molar-refractivity contribution in [2.45, 2.75) is 11.8 Å². The molecule has 2 N–H and O–H groups in total. The Bertz CT molecular complexity index is 1360. The Kier molecular flexibility index (Phi) is 7.04. The maximum absolute atomic E-state index is 13.5. The van der Waals surface area contributed by atoms with E-state index in [0.29, 0.717) is 5.69 Å². The van der Waals surface area contributed by atoms with Crippen LogP contribution in [-0.4, -0.2) is 35.5 Å². The fraction of sp³-hybridized carbons (Fsp3) is 0.136. The number of rotatable bonds is 8. The van der Waals surface area contributed by atoms with E-state index in [-0.39, 0.29) is 16.3 Å². The lowest BCUT2D eigenvalue weighted by Crippen LogP contribution is -2.37. The van der Waals surface area contributed by atoms with Gasteiger partial charge < -0.3 is 5.32 Å². The molecule has 3 aromatic carbocycles. The molecule has 0 fully saturated rings. The summed E-state index contributed by atoms with van der Waals surface area (Å²) >= 11 is 0. The van der Waals surface area contributed by atoms with Crippen molar-refractivity contribution in [3.8, 4) is 0 Å². The lowest BCUT2D eigenvalue weighted by Gasteiger charge is -2.22. The number of anilines is 3. The van der Waals surface area contributed by atoms with Crippen LogP contribution in [0.15, 0.2) is 77.7 Å². The average molecular weight is 492 g/mol. The highest BCUT2D eigenvalue weighted by atomic mass is 32.2. The highest BCUT2D eigenvalue weighted by molar-refractivity contribution is 7.92. The van der Waals surface area contributed by atoms with Crippen molar-refractivity contribution in [3.63, 3.8) is 0 Å². The molecule has 0 aliphatic carbocycles. The molecule has 3 aromatic rings. The van der Waals surface area contributed by atoms with Crippen LogP contribution < -0.4 is 14.3 Å². The van der Waals surface area contributed by atoms with Crippen LogP contribution in [0.5, 0.6) is 0 Å². The predicted octanol–water partition coefficient (Wildman–Crippen LogP) is 3.34. The molecule has 0 saturated heterocycles. The Hall–Kier alpha value is -3.44. The van der Waals surface area contributed by atoms with Crippen LogP contribution in [0.4, 0.5) is 21.5 Å². The van der Waals surface area contributed by atoms with E-state index in [1.807, 2.05) is 6.92 Å². The zero-order valence-corrected chi connectivity index (χ0v) is 19.5. The summed E-state index contributed by atoms with van der Waals surface area (Å²) < 4.78 is 66.1. The average Bonchev–Trinajstić information content (AvgIpc) is 2.73. The van der Waals surface area contributed by atoms with Gasteiger partial charge in [-0.15, -0.1) is 0 Å². The monoisotopic (exact) mass is 491 g/mol. The fourth-order valence-electron chi connectivity index (χ4n) is 2.92. The highest BCUT2D eigenvalue weighted by Crippen LogP contribution is 2.20. The molecule has 0 aromatic heterocycles. The summed E-state index contributed by atoms with van der Waals surface area (Å²) in [4.78, 5) is 12.4. The molecule has 0 heterocycles. The van der Waals surface area contributed by atoms with Crippen molar-refractivity contribution in [1.29, 1.82) is 0 Å². The van der Waals surface area contributed by atoms with Crippen LogP contribution in [-0.2, 0) is 24.8 Å². The minimum absolute atomic E-state index is 0.0104. The number of nitrogens with zero attached hydrogens (tertiary/aromatic N) is 1. The van der Waals surface area contributed by atoms with Crippen LogP contribution in [0.2, 0.25) is 0 Å². The van der Waals surface area contributed by atoms with Crippen LogP contribution in [0, 0.1) is 12.7 Å². The predicted molar refractivity (Wildman–Crippen MR) is 126 cm³/mol. The first-order valence-electron chi connectivity index (χ1n) is 9.67. The third-order valence-electron chi connectivity index (χ3n) is 4.54. The lowest BCUT2D eigenvalue weighted by molar-refractivity contribution is -0.114. The molecule has 8 nitrogen and oxygen atoms in total. The van der Waals surface area contributed by atoms with Gasteiger partial charge in [0.05, 0.1) is 16.8 Å². The lowest BCUT2D eigenvalue weighted by atomic mass is 10.2. The third kappa shape index (κ3) is 6.53. The van der Waals surface area contributed by atoms with E-state index in [9.17, 15) is 26.0 Å². The Morgan fingerprint density at radius 2 is 1.52 bits per heavy atom. The molecular formula is C22H22FN3O5S2. The molecule has 0 bridgehead atoms.